The molecule has 0 aliphatic rings. The van der Waals surface area contributed by atoms with Crippen LogP contribution in [0.5, 0.6) is 5.75 Å². The summed E-state index contributed by atoms with van der Waals surface area (Å²) in [5.74, 6) is -0.561. The highest BCUT2D eigenvalue weighted by molar-refractivity contribution is 5.75. The summed E-state index contributed by atoms with van der Waals surface area (Å²) >= 11 is 0. The van der Waals surface area contributed by atoms with E-state index < -0.39 is 23.2 Å². The van der Waals surface area contributed by atoms with E-state index in [-0.39, 0.29) is 13.2 Å². The van der Waals surface area contributed by atoms with Crippen molar-refractivity contribution in [2.45, 2.75) is 45.8 Å². The Kier molecular flexibility index (Phi) is 5.40. The second-order valence-electron chi connectivity index (χ2n) is 6.26. The number of nitrogens with zero attached hydrogens (tertiary/aromatic N) is 2. The Labute approximate surface area is 129 Å². The lowest BCUT2D eigenvalue weighted by molar-refractivity contribution is -0.146. The number of aromatic nitrogens is 2. The number of carbonyl (C=O) groups is 2. The number of carboxylic acids is 1. The van der Waals surface area contributed by atoms with Crippen molar-refractivity contribution in [3.63, 3.8) is 0 Å². The molecule has 0 bridgehead atoms. The Balaban J connectivity index is 2.40. The van der Waals surface area contributed by atoms with Gasteiger partial charge in [0.1, 0.15) is 12.2 Å². The van der Waals surface area contributed by atoms with E-state index in [9.17, 15) is 9.59 Å². The fraction of sp³-hybridized carbons (Fsp3) is 0.643. The lowest BCUT2D eigenvalue weighted by Crippen LogP contribution is -2.36. The summed E-state index contributed by atoms with van der Waals surface area (Å²) in [5, 5.41) is 15.6. The Morgan fingerprint density at radius 3 is 2.50 bits per heavy atom. The molecule has 0 radical (unpaired) electrons. The van der Waals surface area contributed by atoms with Crippen molar-refractivity contribution in [3.8, 4) is 5.75 Å². The lowest BCUT2D eigenvalue weighted by Gasteiger charge is -2.19. The first kappa shape index (κ1) is 17.8. The smallest absolute Gasteiger partial charge is 0.407 e. The van der Waals surface area contributed by atoms with Gasteiger partial charge in [-0.3, -0.25) is 4.68 Å². The van der Waals surface area contributed by atoms with Gasteiger partial charge in [-0.05, 0) is 34.6 Å². The molecule has 1 rings (SSSR count). The number of nitrogens with one attached hydrogen (secondary N) is 1. The van der Waals surface area contributed by atoms with Crippen LogP contribution in [0.2, 0.25) is 0 Å². The van der Waals surface area contributed by atoms with Crippen LogP contribution < -0.4 is 10.1 Å². The molecule has 0 aliphatic heterocycles. The van der Waals surface area contributed by atoms with E-state index in [1.54, 1.807) is 20.8 Å². The topological polar surface area (TPSA) is 103 Å². The first-order valence-electron chi connectivity index (χ1n) is 6.90. The van der Waals surface area contributed by atoms with Gasteiger partial charge < -0.3 is 19.9 Å². The summed E-state index contributed by atoms with van der Waals surface area (Å²) < 4.78 is 11.8. The molecular formula is C14H23N3O5. The lowest BCUT2D eigenvalue weighted by atomic mass is 10.1. The zero-order valence-electron chi connectivity index (χ0n) is 13.5. The number of carboxylic acid groups (broad SMARTS) is 1. The van der Waals surface area contributed by atoms with E-state index in [0.29, 0.717) is 5.75 Å². The van der Waals surface area contributed by atoms with Gasteiger partial charge >= 0.3 is 12.1 Å². The zero-order chi connectivity index (χ0) is 17.0. The van der Waals surface area contributed by atoms with Crippen LogP contribution in [0.25, 0.3) is 0 Å². The summed E-state index contributed by atoms with van der Waals surface area (Å²) in [5.41, 5.74) is -1.70. The van der Waals surface area contributed by atoms with Crippen LogP contribution in [0.15, 0.2) is 12.4 Å². The number of hydrogen-bond acceptors (Lipinski definition) is 5. The van der Waals surface area contributed by atoms with Crippen molar-refractivity contribution >= 4 is 12.1 Å². The van der Waals surface area contributed by atoms with Crippen molar-refractivity contribution in [3.05, 3.63) is 12.4 Å². The number of aliphatic carboxylic acids is 1. The second-order valence-corrected chi connectivity index (χ2v) is 6.26. The summed E-state index contributed by atoms with van der Waals surface area (Å²) in [6, 6.07) is 0. The van der Waals surface area contributed by atoms with Crippen LogP contribution in [-0.4, -0.2) is 45.7 Å². The number of ether oxygens (including phenoxy) is 2. The maximum Gasteiger partial charge on any atom is 0.407 e. The molecule has 0 saturated carbocycles. The first-order chi connectivity index (χ1) is 10.0. The van der Waals surface area contributed by atoms with Crippen molar-refractivity contribution in [2.24, 2.45) is 0 Å². The molecule has 1 aromatic rings. The van der Waals surface area contributed by atoms with Crippen LogP contribution in [0, 0.1) is 0 Å². The van der Waals surface area contributed by atoms with E-state index >= 15 is 0 Å². The molecule has 0 fully saturated rings. The second kappa shape index (κ2) is 6.67. The Bertz CT molecular complexity index is 531. The molecule has 124 valence electrons. The van der Waals surface area contributed by atoms with Gasteiger partial charge in [-0.15, -0.1) is 0 Å². The number of hydrogen-bond donors (Lipinski definition) is 2. The number of alkyl carbamates (subject to hydrolysis) is 1. The minimum atomic E-state index is -1.16. The molecule has 8 nitrogen and oxygen atoms in total. The van der Waals surface area contributed by atoms with Crippen molar-refractivity contribution in [2.75, 3.05) is 13.2 Å². The average molecular weight is 313 g/mol. The number of rotatable bonds is 6. The first-order valence-corrected chi connectivity index (χ1v) is 6.90. The summed E-state index contributed by atoms with van der Waals surface area (Å²) in [6.07, 6.45) is 2.42. The van der Waals surface area contributed by atoms with Gasteiger partial charge in [-0.1, -0.05) is 0 Å². The molecule has 0 unspecified atom stereocenters. The van der Waals surface area contributed by atoms with Gasteiger partial charge in [-0.25, -0.2) is 9.59 Å². The third-order valence-electron chi connectivity index (χ3n) is 2.69. The molecule has 0 spiro atoms. The third-order valence-corrected chi connectivity index (χ3v) is 2.69. The molecule has 1 aromatic heterocycles. The summed E-state index contributed by atoms with van der Waals surface area (Å²) in [4.78, 5) is 22.5. The van der Waals surface area contributed by atoms with E-state index in [2.05, 4.69) is 10.4 Å². The monoisotopic (exact) mass is 313 g/mol. The standard InChI is InChI=1S/C14H23N3O5/c1-13(2,3)22-12(20)15-6-7-21-10-8-16-17(9-10)14(4,5)11(18)19/h8-9H,6-7H2,1-5H3,(H,15,20)(H,18,19). The van der Waals surface area contributed by atoms with E-state index in [4.69, 9.17) is 14.6 Å². The normalized spacial score (nSPS) is 11.9. The van der Waals surface area contributed by atoms with Crippen molar-refractivity contribution in [1.29, 1.82) is 0 Å². The fourth-order valence-corrected chi connectivity index (χ4v) is 1.42. The average Bonchev–Trinajstić information content (AvgIpc) is 2.81. The SMILES string of the molecule is CC(C)(C)OC(=O)NCCOc1cnn(C(C)(C)C(=O)O)c1. The third kappa shape index (κ3) is 5.27. The molecule has 0 aromatic carbocycles. The Morgan fingerprint density at radius 1 is 1.32 bits per heavy atom. The van der Waals surface area contributed by atoms with Crippen LogP contribution in [0.3, 0.4) is 0 Å². The van der Waals surface area contributed by atoms with E-state index in [1.165, 1.54) is 30.9 Å². The Morgan fingerprint density at radius 2 is 1.95 bits per heavy atom. The fourth-order valence-electron chi connectivity index (χ4n) is 1.42. The van der Waals surface area contributed by atoms with Gasteiger partial charge in [0.05, 0.1) is 18.9 Å². The quantitative estimate of drug-likeness (QED) is 0.773. The molecule has 0 saturated heterocycles. The van der Waals surface area contributed by atoms with Crippen LogP contribution in [0.1, 0.15) is 34.6 Å². The van der Waals surface area contributed by atoms with Gasteiger partial charge in [-0.2, -0.15) is 5.10 Å². The number of carbonyl (C=O) groups excluding carboxylic acids is 1. The summed E-state index contributed by atoms with van der Waals surface area (Å²) in [7, 11) is 0. The molecule has 1 heterocycles. The maximum atomic E-state index is 11.4. The van der Waals surface area contributed by atoms with Crippen LogP contribution in [-0.2, 0) is 15.1 Å². The maximum absolute atomic E-state index is 11.4. The number of amides is 1. The highest BCUT2D eigenvalue weighted by Crippen LogP contribution is 2.18. The van der Waals surface area contributed by atoms with Crippen molar-refractivity contribution < 1.29 is 24.2 Å². The van der Waals surface area contributed by atoms with Crippen molar-refractivity contribution in [1.82, 2.24) is 15.1 Å². The highest BCUT2D eigenvalue weighted by Gasteiger charge is 2.30. The summed E-state index contributed by atoms with van der Waals surface area (Å²) in [6.45, 7) is 8.90. The van der Waals surface area contributed by atoms with Crippen LogP contribution >= 0.6 is 0 Å². The minimum absolute atomic E-state index is 0.221. The predicted octanol–water partition coefficient (Wildman–Crippen LogP) is 1.61. The van der Waals surface area contributed by atoms with Gasteiger partial charge in [0.15, 0.2) is 11.3 Å². The molecule has 22 heavy (non-hydrogen) atoms. The van der Waals surface area contributed by atoms with E-state index in [0.717, 1.165) is 0 Å². The minimum Gasteiger partial charge on any atom is -0.488 e. The molecule has 2 N–H and O–H groups in total. The molecule has 0 aliphatic carbocycles. The highest BCUT2D eigenvalue weighted by atomic mass is 16.6. The molecule has 8 heteroatoms. The van der Waals surface area contributed by atoms with Gasteiger partial charge in [0, 0.05) is 0 Å². The van der Waals surface area contributed by atoms with Gasteiger partial charge in [0.25, 0.3) is 0 Å². The largest absolute Gasteiger partial charge is 0.488 e. The van der Waals surface area contributed by atoms with Crippen LogP contribution in [0.4, 0.5) is 4.79 Å². The predicted molar refractivity (Wildman–Crippen MR) is 78.9 cm³/mol. The van der Waals surface area contributed by atoms with Gasteiger partial charge in [0.2, 0.25) is 0 Å². The van der Waals surface area contributed by atoms with E-state index in [1.807, 2.05) is 0 Å². The molecule has 0 atom stereocenters. The molecule has 1 amide bonds. The molecular weight excluding hydrogens is 290 g/mol. The zero-order valence-corrected chi connectivity index (χ0v) is 13.5. The Hall–Kier alpha value is -2.25.